The number of hydrogen-bond acceptors (Lipinski definition) is 3. The van der Waals surface area contributed by atoms with E-state index in [0.717, 1.165) is 0 Å². The fourth-order valence-electron chi connectivity index (χ4n) is 1.13. The summed E-state index contributed by atoms with van der Waals surface area (Å²) >= 11 is 8.61. The van der Waals surface area contributed by atoms with Crippen LogP contribution in [0, 0.1) is 17.0 Å². The van der Waals surface area contributed by atoms with Gasteiger partial charge in [-0.1, -0.05) is 0 Å². The Kier molecular flexibility index (Phi) is 3.82. The fourth-order valence-corrected chi connectivity index (χ4v) is 1.72. The van der Waals surface area contributed by atoms with Crippen molar-refractivity contribution in [1.82, 2.24) is 0 Å². The number of ketones is 1. The minimum atomic E-state index is -0.537. The van der Waals surface area contributed by atoms with Crippen molar-refractivity contribution in [2.45, 2.75) is 6.92 Å². The van der Waals surface area contributed by atoms with Crippen LogP contribution in [0.2, 0.25) is 0 Å². The van der Waals surface area contributed by atoms with Crippen LogP contribution in [0.4, 0.5) is 5.69 Å². The van der Waals surface area contributed by atoms with Crippen LogP contribution in [0.3, 0.4) is 0 Å². The number of aryl methyl sites for hydroxylation is 1. The maximum Gasteiger partial charge on any atom is 0.270 e. The van der Waals surface area contributed by atoms with Crippen LogP contribution in [0.1, 0.15) is 15.9 Å². The molecule has 6 heteroatoms. The van der Waals surface area contributed by atoms with Crippen molar-refractivity contribution in [3.05, 3.63) is 37.8 Å². The molecule has 1 aromatic carbocycles. The predicted molar refractivity (Wildman–Crippen MR) is 60.6 cm³/mol. The molecule has 15 heavy (non-hydrogen) atoms. The quantitative estimate of drug-likeness (QED) is 0.372. The molecule has 1 rings (SSSR count). The molecule has 0 heterocycles. The van der Waals surface area contributed by atoms with E-state index in [1.54, 1.807) is 6.92 Å². The summed E-state index contributed by atoms with van der Waals surface area (Å²) in [5, 5.41) is 10.6. The Morgan fingerprint density at radius 3 is 2.67 bits per heavy atom. The molecule has 0 spiro atoms. The van der Waals surface area contributed by atoms with E-state index in [0.29, 0.717) is 10.0 Å². The fraction of sp³-hybridized carbons (Fsp3) is 0.222. The van der Waals surface area contributed by atoms with Crippen molar-refractivity contribution in [1.29, 1.82) is 0 Å². The van der Waals surface area contributed by atoms with Gasteiger partial charge < -0.3 is 0 Å². The summed E-state index contributed by atoms with van der Waals surface area (Å²) in [6.07, 6.45) is 0. The Morgan fingerprint density at radius 1 is 1.60 bits per heavy atom. The third-order valence-corrected chi connectivity index (χ3v) is 3.17. The normalized spacial score (nSPS) is 10.1. The molecule has 0 unspecified atom stereocenters. The number of nitrogens with zero attached hydrogens (tertiary/aromatic N) is 1. The van der Waals surface area contributed by atoms with Gasteiger partial charge in [0, 0.05) is 22.2 Å². The van der Waals surface area contributed by atoms with Crippen molar-refractivity contribution in [3.8, 4) is 0 Å². The zero-order chi connectivity index (χ0) is 11.6. The second-order valence-corrected chi connectivity index (χ2v) is 4.00. The molecule has 0 saturated heterocycles. The first-order valence-corrected chi connectivity index (χ1v) is 5.33. The first-order valence-electron chi connectivity index (χ1n) is 4.01. The number of nitro benzene ring substituents is 1. The Hall–Kier alpha value is -0.940. The summed E-state index contributed by atoms with van der Waals surface area (Å²) in [7, 11) is 0. The van der Waals surface area contributed by atoms with Crippen LogP contribution in [-0.2, 0) is 0 Å². The second kappa shape index (κ2) is 4.72. The lowest BCUT2D eigenvalue weighted by atomic mass is 10.1. The average molecular weight is 293 g/mol. The van der Waals surface area contributed by atoms with Gasteiger partial charge in [0.05, 0.1) is 10.8 Å². The molecule has 0 fully saturated rings. The number of rotatable bonds is 3. The zero-order valence-electron chi connectivity index (χ0n) is 7.79. The molecule has 1 aromatic rings. The smallest absolute Gasteiger partial charge is 0.270 e. The highest BCUT2D eigenvalue weighted by atomic mass is 79.9. The van der Waals surface area contributed by atoms with E-state index >= 15 is 0 Å². The SMILES string of the molecule is Cc1cc([N+](=O)[O-])cc(C(=O)CCl)c1Br. The molecule has 4 nitrogen and oxygen atoms in total. The standard InChI is InChI=1S/C9H7BrClNO3/c1-5-2-6(12(14)15)3-7(9(5)10)8(13)4-11/h2-3H,4H2,1H3. The topological polar surface area (TPSA) is 60.2 Å². The Bertz CT molecular complexity index is 434. The summed E-state index contributed by atoms with van der Waals surface area (Å²) < 4.78 is 0.554. The number of halogens is 2. The summed E-state index contributed by atoms with van der Waals surface area (Å²) in [6, 6.07) is 2.62. The van der Waals surface area contributed by atoms with E-state index in [2.05, 4.69) is 15.9 Å². The zero-order valence-corrected chi connectivity index (χ0v) is 10.1. The third kappa shape index (κ3) is 2.54. The third-order valence-electron chi connectivity index (χ3n) is 1.87. The largest absolute Gasteiger partial charge is 0.293 e. The van der Waals surface area contributed by atoms with Crippen LogP contribution in [0.25, 0.3) is 0 Å². The summed E-state index contributed by atoms with van der Waals surface area (Å²) in [6.45, 7) is 1.68. The molecular formula is C9H7BrClNO3. The van der Waals surface area contributed by atoms with Crippen LogP contribution in [-0.4, -0.2) is 16.6 Å². The van der Waals surface area contributed by atoms with Crippen molar-refractivity contribution >= 4 is 39.0 Å². The van der Waals surface area contributed by atoms with Gasteiger partial charge in [-0.15, -0.1) is 11.6 Å². The summed E-state index contributed by atoms with van der Waals surface area (Å²) in [5.74, 6) is -0.533. The maximum atomic E-state index is 11.4. The van der Waals surface area contributed by atoms with Crippen LogP contribution >= 0.6 is 27.5 Å². The van der Waals surface area contributed by atoms with E-state index in [9.17, 15) is 14.9 Å². The first-order chi connectivity index (χ1) is 6.97. The van der Waals surface area contributed by atoms with Gasteiger partial charge in [-0.2, -0.15) is 0 Å². The molecule has 0 saturated carbocycles. The van der Waals surface area contributed by atoms with E-state index in [4.69, 9.17) is 11.6 Å². The van der Waals surface area contributed by atoms with Crippen molar-refractivity contribution in [2.24, 2.45) is 0 Å². The van der Waals surface area contributed by atoms with E-state index < -0.39 is 4.92 Å². The number of alkyl halides is 1. The number of nitro groups is 1. The number of benzene rings is 1. The summed E-state index contributed by atoms with van der Waals surface area (Å²) in [5.41, 5.74) is 0.776. The molecule has 0 amide bonds. The summed E-state index contributed by atoms with van der Waals surface area (Å²) in [4.78, 5) is 21.4. The van der Waals surface area contributed by atoms with Gasteiger partial charge in [-0.3, -0.25) is 14.9 Å². The molecule has 0 aromatic heterocycles. The molecule has 0 bridgehead atoms. The number of hydrogen-bond donors (Lipinski definition) is 0. The van der Waals surface area contributed by atoms with E-state index in [-0.39, 0.29) is 22.9 Å². The average Bonchev–Trinajstić information content (AvgIpc) is 2.20. The van der Waals surface area contributed by atoms with Gasteiger partial charge in [0.25, 0.3) is 5.69 Å². The second-order valence-electron chi connectivity index (χ2n) is 2.94. The van der Waals surface area contributed by atoms with Gasteiger partial charge in [-0.25, -0.2) is 0 Å². The highest BCUT2D eigenvalue weighted by Crippen LogP contribution is 2.27. The monoisotopic (exact) mass is 291 g/mol. The highest BCUT2D eigenvalue weighted by Gasteiger charge is 2.17. The van der Waals surface area contributed by atoms with Gasteiger partial charge >= 0.3 is 0 Å². The van der Waals surface area contributed by atoms with Gasteiger partial charge in [0.1, 0.15) is 0 Å². The highest BCUT2D eigenvalue weighted by molar-refractivity contribution is 9.10. The van der Waals surface area contributed by atoms with Crippen molar-refractivity contribution < 1.29 is 9.72 Å². The van der Waals surface area contributed by atoms with Gasteiger partial charge in [-0.05, 0) is 28.4 Å². The van der Waals surface area contributed by atoms with Crippen molar-refractivity contribution in [2.75, 3.05) is 5.88 Å². The first kappa shape index (κ1) is 12.1. The predicted octanol–water partition coefficient (Wildman–Crippen LogP) is 3.09. The van der Waals surface area contributed by atoms with E-state index in [1.165, 1.54) is 12.1 Å². The number of non-ortho nitro benzene ring substituents is 1. The van der Waals surface area contributed by atoms with Gasteiger partial charge in [0.2, 0.25) is 0 Å². The Labute approximate surface area is 99.5 Å². The number of Topliss-reactive ketones (excluding diaryl/α,β-unsaturated/α-hetero) is 1. The Morgan fingerprint density at radius 2 is 2.20 bits per heavy atom. The van der Waals surface area contributed by atoms with Crippen molar-refractivity contribution in [3.63, 3.8) is 0 Å². The number of carbonyl (C=O) groups is 1. The molecule has 0 aliphatic carbocycles. The minimum absolute atomic E-state index is 0.107. The molecule has 0 atom stereocenters. The van der Waals surface area contributed by atoms with Crippen LogP contribution < -0.4 is 0 Å². The maximum absolute atomic E-state index is 11.4. The lowest BCUT2D eigenvalue weighted by Gasteiger charge is -2.04. The molecule has 80 valence electrons. The molecule has 0 radical (unpaired) electrons. The molecule has 0 aliphatic heterocycles. The minimum Gasteiger partial charge on any atom is -0.293 e. The molecule has 0 N–H and O–H groups in total. The van der Waals surface area contributed by atoms with E-state index in [1.807, 2.05) is 0 Å². The lowest BCUT2D eigenvalue weighted by Crippen LogP contribution is -2.04. The molecule has 0 aliphatic rings. The molecular weight excluding hydrogens is 285 g/mol. The number of carbonyl (C=O) groups excluding carboxylic acids is 1. The van der Waals surface area contributed by atoms with Crippen LogP contribution in [0.15, 0.2) is 16.6 Å². The lowest BCUT2D eigenvalue weighted by molar-refractivity contribution is -0.384. The Balaban J connectivity index is 3.37. The van der Waals surface area contributed by atoms with Gasteiger partial charge in [0.15, 0.2) is 5.78 Å². The van der Waals surface area contributed by atoms with Crippen LogP contribution in [0.5, 0.6) is 0 Å².